The van der Waals surface area contributed by atoms with Crippen LogP contribution in [0.5, 0.6) is 5.88 Å². The summed E-state index contributed by atoms with van der Waals surface area (Å²) in [7, 11) is 0. The van der Waals surface area contributed by atoms with Crippen LogP contribution in [0.3, 0.4) is 0 Å². The molecule has 1 atom stereocenters. The molecule has 0 radical (unpaired) electrons. The van der Waals surface area contributed by atoms with Crippen LogP contribution in [0, 0.1) is 0 Å². The van der Waals surface area contributed by atoms with E-state index >= 15 is 0 Å². The summed E-state index contributed by atoms with van der Waals surface area (Å²) in [6.07, 6.45) is 5.85. The Labute approximate surface area is 171 Å². The fraction of sp³-hybridized carbons (Fsp3) is 0.227. The van der Waals surface area contributed by atoms with Gasteiger partial charge >= 0.3 is 0 Å². The molecule has 1 unspecified atom stereocenters. The van der Waals surface area contributed by atoms with Crippen molar-refractivity contribution in [2.24, 2.45) is 0 Å². The Kier molecular flexibility index (Phi) is 5.07. The topological polar surface area (TPSA) is 71.1 Å². The molecule has 1 fully saturated rings. The number of halogens is 2. The third-order valence-corrected chi connectivity index (χ3v) is 5.18. The largest absolute Gasteiger partial charge is 0.466 e. The molecule has 8 heteroatoms. The summed E-state index contributed by atoms with van der Waals surface area (Å²) in [6, 6.07) is 4.93. The Morgan fingerprint density at radius 2 is 2.13 bits per heavy atom. The van der Waals surface area contributed by atoms with Crippen molar-refractivity contribution in [1.82, 2.24) is 19.9 Å². The lowest BCUT2D eigenvalue weighted by molar-refractivity contribution is -0.131. The van der Waals surface area contributed by atoms with Crippen molar-refractivity contribution in [3.05, 3.63) is 66.8 Å². The molecular formula is C22H20F2N4O2. The first kappa shape index (κ1) is 19.8. The van der Waals surface area contributed by atoms with E-state index < -0.39 is 18.4 Å². The fourth-order valence-electron chi connectivity index (χ4n) is 3.50. The molecule has 3 aromatic heterocycles. The molecule has 0 spiro atoms. The highest BCUT2D eigenvalue weighted by Crippen LogP contribution is 2.33. The summed E-state index contributed by atoms with van der Waals surface area (Å²) < 4.78 is 34.7. The summed E-state index contributed by atoms with van der Waals surface area (Å²) in [5, 5.41) is 0.648. The summed E-state index contributed by atoms with van der Waals surface area (Å²) in [5.41, 5.74) is 2.36. The average molecular weight is 410 g/mol. The van der Waals surface area contributed by atoms with E-state index in [1.165, 1.54) is 17.0 Å². The van der Waals surface area contributed by atoms with Crippen LogP contribution in [0.25, 0.3) is 23.1 Å². The van der Waals surface area contributed by atoms with Crippen LogP contribution >= 0.6 is 0 Å². The number of rotatable bonds is 5. The third-order valence-electron chi connectivity index (χ3n) is 5.18. The highest BCUT2D eigenvalue weighted by Gasteiger charge is 2.47. The molecule has 1 N–H and O–H groups in total. The zero-order valence-electron chi connectivity index (χ0n) is 16.1. The smallest absolute Gasteiger partial charge is 0.287 e. The van der Waals surface area contributed by atoms with E-state index in [0.717, 1.165) is 11.1 Å². The number of carbonyl (C=O) groups is 1. The molecule has 4 rings (SSSR count). The molecule has 1 amide bonds. The van der Waals surface area contributed by atoms with Gasteiger partial charge in [0.25, 0.3) is 11.8 Å². The molecule has 1 saturated heterocycles. The van der Waals surface area contributed by atoms with Crippen LogP contribution in [-0.2, 0) is 0 Å². The number of pyridine rings is 2. The monoisotopic (exact) mass is 410 g/mol. The molecule has 0 saturated carbocycles. The lowest BCUT2D eigenvalue weighted by atomic mass is 10.0. The van der Waals surface area contributed by atoms with Crippen LogP contribution < -0.4 is 4.74 Å². The quantitative estimate of drug-likeness (QED) is 0.685. The van der Waals surface area contributed by atoms with Crippen LogP contribution in [0.4, 0.5) is 8.78 Å². The molecule has 4 heterocycles. The Bertz CT molecular complexity index is 1130. The molecule has 1 aliphatic rings. The van der Waals surface area contributed by atoms with E-state index in [-0.39, 0.29) is 24.9 Å². The molecule has 154 valence electrons. The second kappa shape index (κ2) is 7.70. The van der Waals surface area contributed by atoms with Crippen LogP contribution in [0.15, 0.2) is 49.9 Å². The van der Waals surface area contributed by atoms with Gasteiger partial charge in [0.05, 0.1) is 17.8 Å². The van der Waals surface area contributed by atoms with Crippen molar-refractivity contribution < 1.29 is 18.3 Å². The van der Waals surface area contributed by atoms with Crippen LogP contribution in [-0.4, -0.2) is 50.9 Å². The number of hydrogen-bond donors (Lipinski definition) is 1. The van der Waals surface area contributed by atoms with E-state index in [4.69, 9.17) is 4.74 Å². The molecule has 3 aromatic rings. The van der Waals surface area contributed by atoms with Gasteiger partial charge in [0.15, 0.2) is 6.10 Å². The van der Waals surface area contributed by atoms with Crippen LogP contribution in [0.2, 0.25) is 0 Å². The zero-order valence-corrected chi connectivity index (χ0v) is 16.1. The summed E-state index contributed by atoms with van der Waals surface area (Å²) in [4.78, 5) is 25.6. The van der Waals surface area contributed by atoms with Crippen molar-refractivity contribution in [3.63, 3.8) is 0 Å². The van der Waals surface area contributed by atoms with E-state index in [0.29, 0.717) is 16.6 Å². The van der Waals surface area contributed by atoms with Crippen molar-refractivity contribution in [3.8, 4) is 5.88 Å². The SMILES string of the molecule is C=Cc1ccc(OC2CN(C(=O)c3c[nH]c4ccncc34)CCC2(F)F)nc1C=C. The number of aromatic amines is 1. The second-order valence-corrected chi connectivity index (χ2v) is 7.02. The normalized spacial score (nSPS) is 18.2. The number of nitrogens with zero attached hydrogens (tertiary/aromatic N) is 3. The van der Waals surface area contributed by atoms with Crippen molar-refractivity contribution >= 4 is 29.0 Å². The minimum absolute atomic E-state index is 0.0470. The first-order valence-electron chi connectivity index (χ1n) is 9.43. The van der Waals surface area contributed by atoms with Crippen molar-refractivity contribution in [1.29, 1.82) is 0 Å². The van der Waals surface area contributed by atoms with Crippen molar-refractivity contribution in [2.75, 3.05) is 13.1 Å². The molecule has 0 aliphatic carbocycles. The number of aromatic nitrogens is 3. The average Bonchev–Trinajstić information content (AvgIpc) is 3.18. The fourth-order valence-corrected chi connectivity index (χ4v) is 3.50. The van der Waals surface area contributed by atoms with Gasteiger partial charge in [0, 0.05) is 48.5 Å². The number of likely N-dealkylation sites (tertiary alicyclic amines) is 1. The summed E-state index contributed by atoms with van der Waals surface area (Å²) in [5.74, 6) is -3.39. The van der Waals surface area contributed by atoms with Gasteiger partial charge in [-0.25, -0.2) is 13.8 Å². The van der Waals surface area contributed by atoms with Gasteiger partial charge in [0.2, 0.25) is 5.88 Å². The highest BCUT2D eigenvalue weighted by atomic mass is 19.3. The first-order valence-corrected chi connectivity index (χ1v) is 9.43. The van der Waals surface area contributed by atoms with Crippen molar-refractivity contribution in [2.45, 2.75) is 18.4 Å². The second-order valence-electron chi connectivity index (χ2n) is 7.02. The molecule has 1 aliphatic heterocycles. The van der Waals surface area contributed by atoms with Gasteiger partial charge in [-0.1, -0.05) is 19.2 Å². The number of amides is 1. The molecular weight excluding hydrogens is 390 g/mol. The predicted molar refractivity (Wildman–Crippen MR) is 110 cm³/mol. The molecule has 6 nitrogen and oxygen atoms in total. The lowest BCUT2D eigenvalue weighted by Gasteiger charge is -2.37. The number of alkyl halides is 2. The van der Waals surface area contributed by atoms with E-state index in [1.807, 2.05) is 0 Å². The van der Waals surface area contributed by atoms with E-state index in [1.54, 1.807) is 36.8 Å². The van der Waals surface area contributed by atoms with E-state index in [9.17, 15) is 13.6 Å². The third kappa shape index (κ3) is 3.56. The first-order chi connectivity index (χ1) is 14.4. The zero-order chi connectivity index (χ0) is 21.3. The van der Waals surface area contributed by atoms with Gasteiger partial charge in [-0.15, -0.1) is 0 Å². The number of H-pyrrole nitrogens is 1. The Morgan fingerprint density at radius 3 is 2.90 bits per heavy atom. The van der Waals surface area contributed by atoms with Gasteiger partial charge in [-0.05, 0) is 23.8 Å². The number of nitrogens with one attached hydrogen (secondary N) is 1. The molecule has 0 aromatic carbocycles. The summed E-state index contributed by atoms with van der Waals surface area (Å²) >= 11 is 0. The number of fused-ring (bicyclic) bond motifs is 1. The maximum Gasteiger partial charge on any atom is 0.287 e. The maximum atomic E-state index is 14.6. The van der Waals surface area contributed by atoms with Crippen LogP contribution in [0.1, 0.15) is 28.0 Å². The Morgan fingerprint density at radius 1 is 1.30 bits per heavy atom. The van der Waals surface area contributed by atoms with Gasteiger partial charge in [-0.2, -0.15) is 0 Å². The van der Waals surface area contributed by atoms with Gasteiger partial charge in [-0.3, -0.25) is 9.78 Å². The molecule has 30 heavy (non-hydrogen) atoms. The highest BCUT2D eigenvalue weighted by molar-refractivity contribution is 6.06. The minimum atomic E-state index is -3.09. The standard InChI is InChI=1S/C22H20F2N4O2/c1-3-14-5-6-20(27-17(14)4-2)30-19-13-28(10-8-22(19,23)24)21(29)16-12-26-18-7-9-25-11-15(16)18/h3-7,9,11-12,19,26H,1-2,8,10,13H2. The predicted octanol–water partition coefficient (Wildman–Crippen LogP) is 4.17. The number of piperidine rings is 1. The minimum Gasteiger partial charge on any atom is -0.466 e. The Hall–Kier alpha value is -3.55. The van der Waals surface area contributed by atoms with Gasteiger partial charge in [0.1, 0.15) is 0 Å². The maximum absolute atomic E-state index is 14.6. The molecule has 0 bridgehead atoms. The number of ether oxygens (including phenoxy) is 1. The van der Waals surface area contributed by atoms with E-state index in [2.05, 4.69) is 28.1 Å². The Balaban J connectivity index is 1.57. The summed E-state index contributed by atoms with van der Waals surface area (Å²) in [6.45, 7) is 7.03. The number of carbonyl (C=O) groups excluding carboxylic acids is 1. The number of hydrogen-bond acceptors (Lipinski definition) is 4. The lowest BCUT2D eigenvalue weighted by Crippen LogP contribution is -2.55. The van der Waals surface area contributed by atoms with Gasteiger partial charge < -0.3 is 14.6 Å².